The van der Waals surface area contributed by atoms with Crippen LogP contribution in [-0.2, 0) is 0 Å². The molecule has 0 aromatic carbocycles. The van der Waals surface area contributed by atoms with Crippen LogP contribution in [0.2, 0.25) is 0 Å². The van der Waals surface area contributed by atoms with Gasteiger partial charge in [-0.2, -0.15) is 0 Å². The van der Waals surface area contributed by atoms with Gasteiger partial charge in [0.2, 0.25) is 5.82 Å². The van der Waals surface area contributed by atoms with E-state index in [4.69, 9.17) is 0 Å². The molecular formula is C14H14N4. The van der Waals surface area contributed by atoms with Crippen molar-refractivity contribution in [3.05, 3.63) is 54.2 Å². The van der Waals surface area contributed by atoms with E-state index in [-0.39, 0.29) is 5.92 Å². The van der Waals surface area contributed by atoms with Gasteiger partial charge in [-0.25, -0.2) is 0 Å². The largest absolute Gasteiger partial charge is 0.203 e. The van der Waals surface area contributed by atoms with Crippen LogP contribution in [0.3, 0.4) is 0 Å². The van der Waals surface area contributed by atoms with Gasteiger partial charge in [0.05, 0.1) is 0 Å². The van der Waals surface area contributed by atoms with Crippen molar-refractivity contribution in [3.8, 4) is 0 Å². The van der Waals surface area contributed by atoms with Crippen molar-refractivity contribution in [1.29, 1.82) is 0 Å². The van der Waals surface area contributed by atoms with E-state index in [0.717, 1.165) is 24.8 Å². The third kappa shape index (κ3) is 2.27. The Bertz CT molecular complexity index is 537. The molecule has 18 heavy (non-hydrogen) atoms. The van der Waals surface area contributed by atoms with Gasteiger partial charge in [0, 0.05) is 11.5 Å². The van der Waals surface area contributed by atoms with Gasteiger partial charge in [-0.1, -0.05) is 42.5 Å². The van der Waals surface area contributed by atoms with Crippen molar-refractivity contribution in [2.24, 2.45) is 0 Å². The van der Waals surface area contributed by atoms with Crippen LogP contribution in [0.15, 0.2) is 42.5 Å². The van der Waals surface area contributed by atoms with Crippen LogP contribution < -0.4 is 0 Å². The van der Waals surface area contributed by atoms with Gasteiger partial charge in [-0.05, 0) is 19.3 Å². The molecule has 0 amide bonds. The maximum atomic E-state index is 4.19. The summed E-state index contributed by atoms with van der Waals surface area (Å²) in [6, 6.07) is 0. The van der Waals surface area contributed by atoms with Crippen molar-refractivity contribution in [2.75, 3.05) is 0 Å². The fourth-order valence-corrected chi connectivity index (χ4v) is 2.05. The van der Waals surface area contributed by atoms with Crippen molar-refractivity contribution in [1.82, 2.24) is 20.4 Å². The van der Waals surface area contributed by atoms with E-state index in [2.05, 4.69) is 44.7 Å². The minimum absolute atomic E-state index is 0.208. The molecule has 1 aromatic rings. The molecule has 1 unspecified atom stereocenters. The molecule has 4 nitrogen and oxygen atoms in total. The van der Waals surface area contributed by atoms with Gasteiger partial charge in [0.25, 0.3) is 0 Å². The Hall–Kier alpha value is -2.10. The molecule has 90 valence electrons. The Balaban J connectivity index is 1.80. The summed E-state index contributed by atoms with van der Waals surface area (Å²) < 4.78 is 0. The molecule has 4 heteroatoms. The van der Waals surface area contributed by atoms with E-state index >= 15 is 0 Å². The van der Waals surface area contributed by atoms with E-state index < -0.39 is 0 Å². The Labute approximate surface area is 106 Å². The lowest BCUT2D eigenvalue weighted by atomic mass is 10.0. The van der Waals surface area contributed by atoms with Crippen LogP contribution in [0.4, 0.5) is 0 Å². The molecule has 1 atom stereocenters. The highest BCUT2D eigenvalue weighted by atomic mass is 15.3. The minimum Gasteiger partial charge on any atom is -0.130 e. The van der Waals surface area contributed by atoms with Crippen molar-refractivity contribution in [3.63, 3.8) is 0 Å². The molecule has 0 spiro atoms. The molecule has 2 aliphatic carbocycles. The minimum atomic E-state index is 0.208. The number of hydrogen-bond donors (Lipinski definition) is 0. The standard InChI is InChI=1S/C14H14N4/c1-3-7-11(8-4-1)13-15-17-14(18-16-13)12-9-5-2-6-10-12/h1,3-5,7,9-11H,2,6,8H2. The van der Waals surface area contributed by atoms with E-state index in [1.165, 1.54) is 0 Å². The normalized spacial score (nSPS) is 22.0. The topological polar surface area (TPSA) is 51.6 Å². The monoisotopic (exact) mass is 238 g/mol. The second kappa shape index (κ2) is 5.04. The molecule has 3 rings (SSSR count). The van der Waals surface area contributed by atoms with Gasteiger partial charge >= 0.3 is 0 Å². The molecule has 0 fully saturated rings. The zero-order valence-corrected chi connectivity index (χ0v) is 10.0. The SMILES string of the molecule is C1=CCC(c2nnc(C3=CCCC=C3)nn2)C=C1. The summed E-state index contributed by atoms with van der Waals surface area (Å²) in [6.45, 7) is 0. The van der Waals surface area contributed by atoms with Crippen LogP contribution in [0, 0.1) is 0 Å². The molecule has 0 bridgehead atoms. The fraction of sp³-hybridized carbons (Fsp3) is 0.286. The molecule has 1 heterocycles. The predicted molar refractivity (Wildman–Crippen MR) is 69.6 cm³/mol. The first kappa shape index (κ1) is 11.0. The first-order valence-corrected chi connectivity index (χ1v) is 6.21. The molecule has 0 saturated carbocycles. The first-order chi connectivity index (χ1) is 8.93. The van der Waals surface area contributed by atoms with Gasteiger partial charge in [-0.15, -0.1) is 20.4 Å². The smallest absolute Gasteiger partial charge is 0.130 e. The van der Waals surface area contributed by atoms with Crippen LogP contribution in [-0.4, -0.2) is 20.4 Å². The molecular weight excluding hydrogens is 224 g/mol. The highest BCUT2D eigenvalue weighted by Crippen LogP contribution is 2.21. The van der Waals surface area contributed by atoms with Gasteiger partial charge < -0.3 is 0 Å². The average Bonchev–Trinajstić information content (AvgIpc) is 2.49. The zero-order chi connectivity index (χ0) is 12.2. The average molecular weight is 238 g/mol. The zero-order valence-electron chi connectivity index (χ0n) is 10.0. The van der Waals surface area contributed by atoms with Gasteiger partial charge in [0.1, 0.15) is 0 Å². The summed E-state index contributed by atoms with van der Waals surface area (Å²) in [4.78, 5) is 0. The van der Waals surface area contributed by atoms with Crippen LogP contribution in [0.5, 0.6) is 0 Å². The molecule has 0 N–H and O–H groups in total. The summed E-state index contributed by atoms with van der Waals surface area (Å²) in [5.41, 5.74) is 1.02. The second-order valence-corrected chi connectivity index (χ2v) is 4.38. The van der Waals surface area contributed by atoms with E-state index in [0.29, 0.717) is 11.6 Å². The summed E-state index contributed by atoms with van der Waals surface area (Å²) in [6.07, 6.45) is 17.6. The summed E-state index contributed by atoms with van der Waals surface area (Å²) in [5, 5.41) is 16.7. The number of nitrogens with zero attached hydrogens (tertiary/aromatic N) is 4. The Morgan fingerprint density at radius 3 is 2.50 bits per heavy atom. The van der Waals surface area contributed by atoms with Crippen LogP contribution >= 0.6 is 0 Å². The highest BCUT2D eigenvalue weighted by molar-refractivity contribution is 5.69. The van der Waals surface area contributed by atoms with Gasteiger partial charge in [0.15, 0.2) is 5.82 Å². The first-order valence-electron chi connectivity index (χ1n) is 6.21. The third-order valence-corrected chi connectivity index (χ3v) is 3.06. The Morgan fingerprint density at radius 1 is 0.944 bits per heavy atom. The number of allylic oxidation sites excluding steroid dienone is 8. The lowest BCUT2D eigenvalue weighted by Gasteiger charge is -2.10. The molecule has 0 radical (unpaired) electrons. The number of hydrogen-bond acceptors (Lipinski definition) is 4. The van der Waals surface area contributed by atoms with E-state index in [1.54, 1.807) is 0 Å². The summed E-state index contributed by atoms with van der Waals surface area (Å²) >= 11 is 0. The van der Waals surface area contributed by atoms with E-state index in [1.807, 2.05) is 18.2 Å². The highest BCUT2D eigenvalue weighted by Gasteiger charge is 2.14. The predicted octanol–water partition coefficient (Wildman–Crippen LogP) is 2.60. The number of rotatable bonds is 2. The summed E-state index contributed by atoms with van der Waals surface area (Å²) in [7, 11) is 0. The quantitative estimate of drug-likeness (QED) is 0.794. The maximum absolute atomic E-state index is 4.19. The molecule has 1 aromatic heterocycles. The lowest BCUT2D eigenvalue weighted by molar-refractivity contribution is 0.685. The van der Waals surface area contributed by atoms with Crippen molar-refractivity contribution < 1.29 is 0 Å². The van der Waals surface area contributed by atoms with E-state index in [9.17, 15) is 0 Å². The fourth-order valence-electron chi connectivity index (χ4n) is 2.05. The number of aromatic nitrogens is 4. The second-order valence-electron chi connectivity index (χ2n) is 4.38. The summed E-state index contributed by atoms with van der Waals surface area (Å²) in [5.74, 6) is 1.52. The maximum Gasteiger partial charge on any atom is 0.203 e. The lowest BCUT2D eigenvalue weighted by Crippen LogP contribution is -2.09. The van der Waals surface area contributed by atoms with Crippen molar-refractivity contribution in [2.45, 2.75) is 25.2 Å². The Morgan fingerprint density at radius 2 is 1.83 bits per heavy atom. The van der Waals surface area contributed by atoms with Crippen LogP contribution in [0.25, 0.3) is 5.57 Å². The molecule has 2 aliphatic rings. The molecule has 0 saturated heterocycles. The van der Waals surface area contributed by atoms with Crippen molar-refractivity contribution >= 4 is 5.57 Å². The van der Waals surface area contributed by atoms with Gasteiger partial charge in [-0.3, -0.25) is 0 Å². The van der Waals surface area contributed by atoms with Crippen LogP contribution in [0.1, 0.15) is 36.8 Å². The Kier molecular flexibility index (Phi) is 3.08. The molecule has 0 aliphatic heterocycles. The third-order valence-electron chi connectivity index (χ3n) is 3.06.